The van der Waals surface area contributed by atoms with E-state index in [0.29, 0.717) is 9.50 Å². The van der Waals surface area contributed by atoms with Crippen molar-refractivity contribution in [1.82, 2.24) is 4.89 Å². The van der Waals surface area contributed by atoms with Crippen LogP contribution in [0.25, 0.3) is 0 Å². The Balaban J connectivity index is 2.82. The molecule has 9 heteroatoms. The number of primary amides is 1. The fourth-order valence-electron chi connectivity index (χ4n) is 0.870. The lowest BCUT2D eigenvalue weighted by atomic mass is 10.4. The molecule has 1 amide bonds. The fraction of sp³-hybridized carbons (Fsp3) is 0.125. The molecular weight excluding hydrogens is 336 g/mol. The van der Waals surface area contributed by atoms with Gasteiger partial charge in [-0.05, 0) is 34.1 Å². The summed E-state index contributed by atoms with van der Waals surface area (Å²) in [6.07, 6.45) is 0. The molecule has 0 aliphatic rings. The standard InChI is InChI=1S/C8H8BrClN2O4S/c9-6-3-5(1-2-7(6)10)17(14,15)12-16-4-8(11)13/h1-3,12H,4H2,(H2,11,13). The Labute approximate surface area is 111 Å². The monoisotopic (exact) mass is 342 g/mol. The van der Waals surface area contributed by atoms with Crippen LogP contribution in [0, 0.1) is 0 Å². The van der Waals surface area contributed by atoms with Gasteiger partial charge in [-0.15, -0.1) is 0 Å². The molecule has 0 saturated heterocycles. The first-order valence-corrected chi connectivity index (χ1v) is 6.85. The van der Waals surface area contributed by atoms with Crippen molar-refractivity contribution >= 4 is 43.5 Å². The number of nitrogens with two attached hydrogens (primary N) is 1. The zero-order chi connectivity index (χ0) is 13.1. The molecule has 1 aromatic carbocycles. The number of benzene rings is 1. The molecule has 0 bridgehead atoms. The molecule has 1 rings (SSSR count). The van der Waals surface area contributed by atoms with E-state index in [2.05, 4.69) is 20.8 Å². The number of halogens is 2. The van der Waals surface area contributed by atoms with Crippen molar-refractivity contribution in [2.75, 3.05) is 6.61 Å². The summed E-state index contributed by atoms with van der Waals surface area (Å²) in [6.45, 7) is -0.548. The third kappa shape index (κ3) is 4.25. The SMILES string of the molecule is NC(=O)CONS(=O)(=O)c1ccc(Cl)c(Br)c1. The third-order valence-corrected chi connectivity index (χ3v) is 4.01. The number of carbonyl (C=O) groups is 1. The van der Waals surface area contributed by atoms with E-state index in [0.717, 1.165) is 0 Å². The van der Waals surface area contributed by atoms with E-state index in [-0.39, 0.29) is 4.90 Å². The summed E-state index contributed by atoms with van der Waals surface area (Å²) in [6, 6.07) is 4.01. The van der Waals surface area contributed by atoms with Crippen LogP contribution in [0.2, 0.25) is 5.02 Å². The van der Waals surface area contributed by atoms with Gasteiger partial charge in [0.1, 0.15) is 6.61 Å². The lowest BCUT2D eigenvalue weighted by Gasteiger charge is -2.06. The summed E-state index contributed by atoms with van der Waals surface area (Å²) in [4.78, 5) is 16.5. The smallest absolute Gasteiger partial charge is 0.262 e. The van der Waals surface area contributed by atoms with Crippen LogP contribution in [-0.4, -0.2) is 20.9 Å². The molecule has 0 fully saturated rings. The van der Waals surface area contributed by atoms with Gasteiger partial charge in [0.25, 0.3) is 10.0 Å². The lowest BCUT2D eigenvalue weighted by molar-refractivity contribution is -0.123. The molecule has 6 nitrogen and oxygen atoms in total. The topological polar surface area (TPSA) is 98.5 Å². The first kappa shape index (κ1) is 14.4. The molecule has 1 aromatic rings. The summed E-state index contributed by atoms with van der Waals surface area (Å²) in [5, 5.41) is 0.377. The van der Waals surface area contributed by atoms with Crippen LogP contribution in [-0.2, 0) is 19.7 Å². The molecule has 0 aromatic heterocycles. The van der Waals surface area contributed by atoms with E-state index in [9.17, 15) is 13.2 Å². The maximum absolute atomic E-state index is 11.6. The van der Waals surface area contributed by atoms with Gasteiger partial charge in [0.15, 0.2) is 0 Å². The first-order valence-electron chi connectivity index (χ1n) is 4.20. The van der Waals surface area contributed by atoms with E-state index >= 15 is 0 Å². The van der Waals surface area contributed by atoms with Gasteiger partial charge in [0, 0.05) is 4.47 Å². The van der Waals surface area contributed by atoms with E-state index in [1.54, 1.807) is 4.89 Å². The summed E-state index contributed by atoms with van der Waals surface area (Å²) in [5.41, 5.74) is 4.78. The highest BCUT2D eigenvalue weighted by Gasteiger charge is 2.15. The van der Waals surface area contributed by atoms with Gasteiger partial charge in [-0.1, -0.05) is 16.5 Å². The maximum Gasteiger partial charge on any atom is 0.262 e. The normalized spacial score (nSPS) is 11.4. The fourth-order valence-corrected chi connectivity index (χ4v) is 2.35. The van der Waals surface area contributed by atoms with Gasteiger partial charge in [-0.3, -0.25) is 9.63 Å². The summed E-state index contributed by atoms with van der Waals surface area (Å²) in [5.74, 6) is -0.787. The van der Waals surface area contributed by atoms with Gasteiger partial charge >= 0.3 is 0 Å². The average molecular weight is 344 g/mol. The second kappa shape index (κ2) is 5.78. The highest BCUT2D eigenvalue weighted by molar-refractivity contribution is 9.10. The van der Waals surface area contributed by atoms with Crippen LogP contribution in [0.4, 0.5) is 0 Å². The van der Waals surface area contributed by atoms with Crippen LogP contribution in [0.1, 0.15) is 0 Å². The largest absolute Gasteiger partial charge is 0.368 e. The second-order valence-corrected chi connectivity index (χ2v) is 5.82. The van der Waals surface area contributed by atoms with Crippen LogP contribution >= 0.6 is 27.5 Å². The Kier molecular flexibility index (Phi) is 4.90. The van der Waals surface area contributed by atoms with Crippen molar-refractivity contribution in [3.05, 3.63) is 27.7 Å². The number of amides is 1. The summed E-state index contributed by atoms with van der Waals surface area (Å²) < 4.78 is 23.7. The Morgan fingerprint density at radius 3 is 2.71 bits per heavy atom. The van der Waals surface area contributed by atoms with Crippen molar-refractivity contribution in [3.8, 4) is 0 Å². The Hall–Kier alpha value is -0.670. The van der Waals surface area contributed by atoms with Crippen molar-refractivity contribution in [1.29, 1.82) is 0 Å². The predicted molar refractivity (Wildman–Crippen MR) is 64.6 cm³/mol. The van der Waals surface area contributed by atoms with Crippen LogP contribution in [0.15, 0.2) is 27.6 Å². The number of hydrogen-bond donors (Lipinski definition) is 2. The molecule has 0 saturated carbocycles. The zero-order valence-corrected chi connectivity index (χ0v) is 11.5. The zero-order valence-electron chi connectivity index (χ0n) is 8.31. The summed E-state index contributed by atoms with van der Waals surface area (Å²) in [7, 11) is -3.86. The molecule has 0 atom stereocenters. The van der Waals surface area contributed by atoms with E-state index < -0.39 is 22.5 Å². The van der Waals surface area contributed by atoms with Crippen molar-refractivity contribution < 1.29 is 18.0 Å². The molecule has 0 aliphatic carbocycles. The Bertz CT molecular complexity index is 534. The molecule has 17 heavy (non-hydrogen) atoms. The average Bonchev–Trinajstić information content (AvgIpc) is 2.21. The van der Waals surface area contributed by atoms with Crippen molar-refractivity contribution in [2.45, 2.75) is 4.90 Å². The maximum atomic E-state index is 11.6. The minimum atomic E-state index is -3.86. The molecule has 0 radical (unpaired) electrons. The summed E-state index contributed by atoms with van der Waals surface area (Å²) >= 11 is 8.81. The Morgan fingerprint density at radius 1 is 1.53 bits per heavy atom. The lowest BCUT2D eigenvalue weighted by Crippen LogP contribution is -2.29. The number of sulfonamides is 1. The van der Waals surface area contributed by atoms with Gasteiger partial charge in [0.05, 0.1) is 9.92 Å². The molecule has 0 unspecified atom stereocenters. The minimum Gasteiger partial charge on any atom is -0.368 e. The number of nitrogens with one attached hydrogen (secondary N) is 1. The van der Waals surface area contributed by atoms with E-state index in [1.165, 1.54) is 18.2 Å². The van der Waals surface area contributed by atoms with Gasteiger partial charge in [0.2, 0.25) is 5.91 Å². The third-order valence-electron chi connectivity index (χ3n) is 1.58. The minimum absolute atomic E-state index is 0.0572. The highest BCUT2D eigenvalue weighted by Crippen LogP contribution is 2.25. The van der Waals surface area contributed by atoms with Gasteiger partial charge < -0.3 is 5.73 Å². The van der Waals surface area contributed by atoms with Crippen LogP contribution in [0.3, 0.4) is 0 Å². The molecule has 0 spiro atoms. The van der Waals surface area contributed by atoms with Crippen LogP contribution in [0.5, 0.6) is 0 Å². The quantitative estimate of drug-likeness (QED) is 0.772. The number of rotatable bonds is 5. The van der Waals surface area contributed by atoms with E-state index in [4.69, 9.17) is 17.3 Å². The van der Waals surface area contributed by atoms with Crippen molar-refractivity contribution in [2.24, 2.45) is 5.73 Å². The number of hydrogen-bond acceptors (Lipinski definition) is 4. The predicted octanol–water partition coefficient (Wildman–Crippen LogP) is 0.798. The molecule has 0 aliphatic heterocycles. The van der Waals surface area contributed by atoms with Gasteiger partial charge in [-0.25, -0.2) is 8.42 Å². The Morgan fingerprint density at radius 2 is 2.18 bits per heavy atom. The highest BCUT2D eigenvalue weighted by atomic mass is 79.9. The second-order valence-electron chi connectivity index (χ2n) is 2.92. The van der Waals surface area contributed by atoms with E-state index in [1.807, 2.05) is 0 Å². The molecule has 3 N–H and O–H groups in total. The molecule has 0 heterocycles. The van der Waals surface area contributed by atoms with Gasteiger partial charge in [-0.2, -0.15) is 0 Å². The molecule has 94 valence electrons. The van der Waals surface area contributed by atoms with Crippen molar-refractivity contribution in [3.63, 3.8) is 0 Å². The molecular formula is C8H8BrClN2O4S. The van der Waals surface area contributed by atoms with Crippen LogP contribution < -0.4 is 10.6 Å². The first-order chi connectivity index (χ1) is 7.83. The number of carbonyl (C=O) groups excluding carboxylic acids is 1.